The fourth-order valence-corrected chi connectivity index (χ4v) is 2.32. The zero-order chi connectivity index (χ0) is 11.1. The minimum absolute atomic E-state index is 0.130. The van der Waals surface area contributed by atoms with Gasteiger partial charge >= 0.3 is 0 Å². The number of hydrogen-bond acceptors (Lipinski definition) is 3. The van der Waals surface area contributed by atoms with Gasteiger partial charge in [-0.05, 0) is 19.1 Å². The third-order valence-corrected chi connectivity index (χ3v) is 3.06. The number of benzene rings is 1. The maximum absolute atomic E-state index is 11.3. The molecule has 0 atom stereocenters. The van der Waals surface area contributed by atoms with Crippen LogP contribution in [0, 0.1) is 6.92 Å². The highest BCUT2D eigenvalue weighted by Crippen LogP contribution is 2.21. The smallest absolute Gasteiger partial charge is 0.238 e. The number of nitrogens with zero attached hydrogens (tertiary/aromatic N) is 1. The monoisotopic (exact) mass is 222 g/mol. The summed E-state index contributed by atoms with van der Waals surface area (Å²) >= 11 is 0. The number of sulfonamides is 1. The Hall–Kier alpha value is -1.46. The molecule has 0 saturated carbocycles. The van der Waals surface area contributed by atoms with Crippen LogP contribution in [-0.2, 0) is 10.0 Å². The number of rotatable bonds is 1. The van der Waals surface area contributed by atoms with Crippen molar-refractivity contribution in [2.45, 2.75) is 11.8 Å². The lowest BCUT2D eigenvalue weighted by Gasteiger charge is -2.04. The van der Waals surface area contributed by atoms with Gasteiger partial charge in [-0.15, -0.1) is 0 Å². The summed E-state index contributed by atoms with van der Waals surface area (Å²) in [5, 5.41) is 5.70. The molecule has 0 aliphatic rings. The third kappa shape index (κ3) is 1.84. The second kappa shape index (κ2) is 3.29. The predicted octanol–water partition coefficient (Wildman–Crippen LogP) is 1.19. The van der Waals surface area contributed by atoms with Crippen molar-refractivity contribution < 1.29 is 8.42 Å². The van der Waals surface area contributed by atoms with Gasteiger partial charge in [-0.3, -0.25) is 4.98 Å². The highest BCUT2D eigenvalue weighted by Gasteiger charge is 2.13. The van der Waals surface area contributed by atoms with E-state index < -0.39 is 10.0 Å². The van der Waals surface area contributed by atoms with Crippen LogP contribution in [0.5, 0.6) is 0 Å². The van der Waals surface area contributed by atoms with Crippen molar-refractivity contribution in [3.05, 3.63) is 36.0 Å². The first-order valence-corrected chi connectivity index (χ1v) is 5.92. The van der Waals surface area contributed by atoms with E-state index in [9.17, 15) is 8.42 Å². The molecule has 1 aromatic heterocycles. The van der Waals surface area contributed by atoms with Crippen LogP contribution in [0.1, 0.15) is 5.69 Å². The maximum atomic E-state index is 11.3. The topological polar surface area (TPSA) is 73.1 Å². The summed E-state index contributed by atoms with van der Waals surface area (Å²) in [6.45, 7) is 1.74. The van der Waals surface area contributed by atoms with Gasteiger partial charge in [0.1, 0.15) is 0 Å². The highest BCUT2D eigenvalue weighted by molar-refractivity contribution is 7.89. The molecule has 0 fully saturated rings. The number of hydrogen-bond donors (Lipinski definition) is 1. The Morgan fingerprint density at radius 2 is 1.93 bits per heavy atom. The number of primary sulfonamides is 1. The number of pyridine rings is 1. The van der Waals surface area contributed by atoms with Crippen LogP contribution >= 0.6 is 0 Å². The number of fused-ring (bicyclic) bond motifs is 1. The van der Waals surface area contributed by atoms with Crippen molar-refractivity contribution in [3.63, 3.8) is 0 Å². The summed E-state index contributed by atoms with van der Waals surface area (Å²) < 4.78 is 22.7. The van der Waals surface area contributed by atoms with Crippen LogP contribution in [0.15, 0.2) is 35.2 Å². The quantitative estimate of drug-likeness (QED) is 0.787. The molecule has 0 aliphatic carbocycles. The average molecular weight is 222 g/mol. The van der Waals surface area contributed by atoms with Gasteiger partial charge in [0.15, 0.2) is 0 Å². The van der Waals surface area contributed by atoms with Gasteiger partial charge in [-0.1, -0.05) is 18.2 Å². The Morgan fingerprint density at radius 1 is 1.27 bits per heavy atom. The Labute approximate surface area is 87.8 Å². The van der Waals surface area contributed by atoms with E-state index >= 15 is 0 Å². The van der Waals surface area contributed by atoms with Crippen LogP contribution in [0.2, 0.25) is 0 Å². The van der Waals surface area contributed by atoms with Crippen molar-refractivity contribution in [2.75, 3.05) is 0 Å². The van der Waals surface area contributed by atoms with Crippen molar-refractivity contribution in [3.8, 4) is 0 Å². The van der Waals surface area contributed by atoms with Gasteiger partial charge < -0.3 is 0 Å². The van der Waals surface area contributed by atoms with Gasteiger partial charge in [0.2, 0.25) is 10.0 Å². The maximum Gasteiger partial charge on any atom is 0.238 e. The number of nitrogens with two attached hydrogens (primary N) is 1. The largest absolute Gasteiger partial charge is 0.253 e. The SMILES string of the molecule is Cc1cc(S(N)(=O)=O)c2ccccc2n1. The van der Waals surface area contributed by atoms with E-state index in [4.69, 9.17) is 5.14 Å². The number of aryl methyl sites for hydroxylation is 1. The van der Waals surface area contributed by atoms with E-state index in [0.717, 1.165) is 0 Å². The van der Waals surface area contributed by atoms with Crippen molar-refractivity contribution in [1.82, 2.24) is 4.98 Å². The summed E-state index contributed by atoms with van der Waals surface area (Å²) in [7, 11) is -3.69. The third-order valence-electron chi connectivity index (χ3n) is 2.11. The molecule has 78 valence electrons. The molecular weight excluding hydrogens is 212 g/mol. The molecule has 0 radical (unpaired) electrons. The summed E-state index contributed by atoms with van der Waals surface area (Å²) in [4.78, 5) is 4.36. The first kappa shape index (κ1) is 10.1. The Balaban J connectivity index is 2.96. The Kier molecular flexibility index (Phi) is 2.21. The molecule has 1 heterocycles. The lowest BCUT2D eigenvalue weighted by atomic mass is 10.2. The molecule has 15 heavy (non-hydrogen) atoms. The zero-order valence-electron chi connectivity index (χ0n) is 8.14. The first-order chi connectivity index (χ1) is 6.98. The molecule has 0 aliphatic heterocycles. The van der Waals surface area contributed by atoms with E-state index in [1.54, 1.807) is 25.1 Å². The van der Waals surface area contributed by atoms with Crippen LogP contribution in [-0.4, -0.2) is 13.4 Å². The second-order valence-corrected chi connectivity index (χ2v) is 4.85. The molecule has 0 unspecified atom stereocenters. The normalized spacial score (nSPS) is 11.9. The molecule has 0 amide bonds. The Bertz CT molecular complexity index is 620. The standard InChI is InChI=1S/C10H10N2O2S/c1-7-6-10(15(11,13)14)8-4-2-3-5-9(8)12-7/h2-6H,1H3,(H2,11,13,14). The van der Waals surface area contributed by atoms with Gasteiger partial charge in [0.25, 0.3) is 0 Å². The van der Waals surface area contributed by atoms with Crippen molar-refractivity contribution >= 4 is 20.9 Å². The number of aromatic nitrogens is 1. The molecule has 1 aromatic carbocycles. The summed E-state index contributed by atoms with van der Waals surface area (Å²) in [6.07, 6.45) is 0. The molecule has 2 rings (SSSR count). The molecule has 2 N–H and O–H groups in total. The molecule has 4 nitrogen and oxygen atoms in total. The molecular formula is C10H10N2O2S. The van der Waals surface area contributed by atoms with Crippen LogP contribution in [0.3, 0.4) is 0 Å². The molecule has 0 spiro atoms. The van der Waals surface area contributed by atoms with E-state index in [1.807, 2.05) is 6.07 Å². The molecule has 5 heteroatoms. The van der Waals surface area contributed by atoms with Gasteiger partial charge in [0.05, 0.1) is 10.4 Å². The lowest BCUT2D eigenvalue weighted by Crippen LogP contribution is -2.13. The van der Waals surface area contributed by atoms with Crippen molar-refractivity contribution in [2.24, 2.45) is 5.14 Å². The number of para-hydroxylation sites is 1. The van der Waals surface area contributed by atoms with Gasteiger partial charge in [-0.2, -0.15) is 0 Å². The van der Waals surface area contributed by atoms with E-state index in [0.29, 0.717) is 16.6 Å². The highest BCUT2D eigenvalue weighted by atomic mass is 32.2. The molecule has 2 aromatic rings. The predicted molar refractivity (Wildman–Crippen MR) is 57.9 cm³/mol. The fourth-order valence-electron chi connectivity index (χ4n) is 1.50. The first-order valence-electron chi connectivity index (χ1n) is 4.38. The fraction of sp³-hybridized carbons (Fsp3) is 0.100. The van der Waals surface area contributed by atoms with Gasteiger partial charge in [-0.25, -0.2) is 13.6 Å². The second-order valence-electron chi connectivity index (χ2n) is 3.32. The lowest BCUT2D eigenvalue weighted by molar-refractivity contribution is 0.598. The summed E-state index contributed by atoms with van der Waals surface area (Å²) in [6, 6.07) is 8.51. The van der Waals surface area contributed by atoms with Crippen LogP contribution in [0.4, 0.5) is 0 Å². The van der Waals surface area contributed by atoms with E-state index in [-0.39, 0.29) is 4.90 Å². The summed E-state index contributed by atoms with van der Waals surface area (Å²) in [5.74, 6) is 0. The molecule has 0 saturated heterocycles. The van der Waals surface area contributed by atoms with E-state index in [1.165, 1.54) is 6.07 Å². The van der Waals surface area contributed by atoms with E-state index in [2.05, 4.69) is 4.98 Å². The van der Waals surface area contributed by atoms with Gasteiger partial charge in [0, 0.05) is 11.1 Å². The zero-order valence-corrected chi connectivity index (χ0v) is 8.95. The Morgan fingerprint density at radius 3 is 2.60 bits per heavy atom. The average Bonchev–Trinajstić information content (AvgIpc) is 2.15. The summed E-state index contributed by atoms with van der Waals surface area (Å²) in [5.41, 5.74) is 1.28. The van der Waals surface area contributed by atoms with Crippen LogP contribution in [0.25, 0.3) is 10.9 Å². The minimum Gasteiger partial charge on any atom is -0.253 e. The van der Waals surface area contributed by atoms with Crippen LogP contribution < -0.4 is 5.14 Å². The van der Waals surface area contributed by atoms with Crippen molar-refractivity contribution in [1.29, 1.82) is 0 Å². The minimum atomic E-state index is -3.69. The molecule has 0 bridgehead atoms.